The Labute approximate surface area is 119 Å². The van der Waals surface area contributed by atoms with Gasteiger partial charge in [0.05, 0.1) is 6.04 Å². The minimum atomic E-state index is -1.18. The first-order valence-electron chi connectivity index (χ1n) is 6.80. The molecule has 1 saturated carbocycles. The van der Waals surface area contributed by atoms with Gasteiger partial charge in [0.1, 0.15) is 5.25 Å². The van der Waals surface area contributed by atoms with Gasteiger partial charge in [-0.05, 0) is 5.56 Å². The van der Waals surface area contributed by atoms with E-state index < -0.39 is 17.3 Å². The van der Waals surface area contributed by atoms with Crippen LogP contribution in [-0.4, -0.2) is 24.6 Å². The molecule has 3 atom stereocenters. The summed E-state index contributed by atoms with van der Waals surface area (Å²) < 4.78 is 27.9. The van der Waals surface area contributed by atoms with E-state index in [9.17, 15) is 8.94 Å². The van der Waals surface area contributed by atoms with E-state index in [1.54, 1.807) is 4.68 Å². The van der Waals surface area contributed by atoms with E-state index in [0.717, 1.165) is 18.4 Å². The second-order valence-electron chi connectivity index (χ2n) is 5.32. The summed E-state index contributed by atoms with van der Waals surface area (Å²) in [6.07, 6.45) is 1.14. The van der Waals surface area contributed by atoms with Crippen molar-refractivity contribution in [2.75, 3.05) is 0 Å². The number of aromatic nitrogens is 3. The van der Waals surface area contributed by atoms with E-state index in [1.165, 1.54) is 0 Å². The van der Waals surface area contributed by atoms with Gasteiger partial charge in [0.25, 0.3) is 0 Å². The molecule has 4 nitrogen and oxygen atoms in total. The van der Waals surface area contributed by atoms with E-state index in [-0.39, 0.29) is 11.3 Å². The van der Waals surface area contributed by atoms with Crippen molar-refractivity contribution in [1.29, 1.82) is 0 Å². The number of halogens is 1. The number of benzene rings is 1. The molecule has 0 amide bonds. The third-order valence-electron chi connectivity index (χ3n) is 3.84. The van der Waals surface area contributed by atoms with Gasteiger partial charge in [-0.2, -0.15) is 4.98 Å². The molecule has 0 spiro atoms. The highest BCUT2D eigenvalue weighted by atomic mass is 32.2. The average Bonchev–Trinajstić information content (AvgIpc) is 3.15. The zero-order valence-electron chi connectivity index (χ0n) is 10.8. The molecule has 1 aliphatic carbocycles. The van der Waals surface area contributed by atoms with Crippen LogP contribution >= 0.6 is 0 Å². The second-order valence-corrected chi connectivity index (χ2v) is 6.95. The first-order chi connectivity index (χ1) is 9.74. The van der Waals surface area contributed by atoms with E-state index in [1.807, 2.05) is 30.3 Å². The van der Waals surface area contributed by atoms with Gasteiger partial charge in [0.15, 0.2) is 12.0 Å². The lowest BCUT2D eigenvalue weighted by molar-refractivity contribution is 0.326. The number of hydrogen-bond donors (Lipinski definition) is 0. The van der Waals surface area contributed by atoms with Crippen LogP contribution in [0.4, 0.5) is 4.39 Å². The Balaban J connectivity index is 1.71. The average molecular weight is 291 g/mol. The van der Waals surface area contributed by atoms with E-state index in [0.29, 0.717) is 17.4 Å². The smallest absolute Gasteiger partial charge is 0.361 e. The lowest BCUT2D eigenvalue weighted by Crippen LogP contribution is -2.12. The van der Waals surface area contributed by atoms with Crippen molar-refractivity contribution in [2.45, 2.75) is 41.9 Å². The maximum Gasteiger partial charge on any atom is 0.361 e. The Morgan fingerprint density at radius 1 is 1.25 bits per heavy atom. The van der Waals surface area contributed by atoms with Crippen molar-refractivity contribution in [3.8, 4) is 0 Å². The molecular weight excluding hydrogens is 277 g/mol. The number of rotatable bonds is 3. The minimum Gasteiger partial charge on any atom is -0.609 e. The summed E-state index contributed by atoms with van der Waals surface area (Å²) in [7, 11) is 0. The monoisotopic (exact) mass is 291 g/mol. The summed E-state index contributed by atoms with van der Waals surface area (Å²) in [5.41, 5.74) is 1.02. The van der Waals surface area contributed by atoms with Crippen LogP contribution in [-0.2, 0) is 11.2 Å². The van der Waals surface area contributed by atoms with Gasteiger partial charge in [0, 0.05) is 30.4 Å². The molecule has 1 aromatic heterocycles. The highest BCUT2D eigenvalue weighted by molar-refractivity contribution is 7.92. The molecule has 3 unspecified atom stereocenters. The van der Waals surface area contributed by atoms with Crippen LogP contribution in [0.5, 0.6) is 0 Å². The fourth-order valence-corrected chi connectivity index (χ4v) is 3.84. The Kier molecular flexibility index (Phi) is 2.82. The van der Waals surface area contributed by atoms with Crippen molar-refractivity contribution in [1.82, 2.24) is 14.8 Å². The maximum absolute atomic E-state index is 14.1. The van der Waals surface area contributed by atoms with Gasteiger partial charge >= 0.3 is 5.16 Å². The molecule has 0 bridgehead atoms. The van der Waals surface area contributed by atoms with Gasteiger partial charge < -0.3 is 4.55 Å². The summed E-state index contributed by atoms with van der Waals surface area (Å²) in [6.45, 7) is 0. The fraction of sp³-hybridized carbons (Fsp3) is 0.429. The lowest BCUT2D eigenvalue weighted by atomic mass is 10.0. The molecule has 0 radical (unpaired) electrons. The first kappa shape index (κ1) is 12.3. The number of fused-ring (bicyclic) bond motifs is 1. The normalized spacial score (nSPS) is 26.5. The molecule has 0 N–H and O–H groups in total. The number of alkyl halides is 1. The predicted octanol–water partition coefficient (Wildman–Crippen LogP) is 2.55. The van der Waals surface area contributed by atoms with Crippen LogP contribution in [0, 0.1) is 0 Å². The van der Waals surface area contributed by atoms with Gasteiger partial charge in [-0.1, -0.05) is 30.3 Å². The first-order valence-corrected chi connectivity index (χ1v) is 8.01. The summed E-state index contributed by atoms with van der Waals surface area (Å²) in [5.74, 6) is 0.322. The van der Waals surface area contributed by atoms with E-state index in [2.05, 4.69) is 10.1 Å². The molecule has 2 aromatic rings. The Morgan fingerprint density at radius 3 is 2.70 bits per heavy atom. The van der Waals surface area contributed by atoms with Crippen molar-refractivity contribution in [3.05, 3.63) is 41.7 Å². The standard InChI is InChI=1S/C14H14FN3OS/c15-11-8-12(9-4-2-1-3-5-9)18-13(11)16-14(17-18)20(19)10-6-7-10/h1-5,10-12H,6-8H2. The van der Waals surface area contributed by atoms with Gasteiger partial charge in [-0.15, -0.1) is 5.10 Å². The zero-order valence-corrected chi connectivity index (χ0v) is 11.6. The Bertz CT molecular complexity index is 629. The summed E-state index contributed by atoms with van der Waals surface area (Å²) in [6, 6.07) is 9.58. The second kappa shape index (κ2) is 4.56. The van der Waals surface area contributed by atoms with Crippen molar-refractivity contribution in [2.24, 2.45) is 0 Å². The van der Waals surface area contributed by atoms with Crippen molar-refractivity contribution in [3.63, 3.8) is 0 Å². The summed E-state index contributed by atoms with van der Waals surface area (Å²) in [5, 5.41) is 4.80. The van der Waals surface area contributed by atoms with Crippen LogP contribution in [0.3, 0.4) is 0 Å². The molecule has 6 heteroatoms. The third-order valence-corrected chi connectivity index (χ3v) is 5.44. The fourth-order valence-electron chi connectivity index (χ4n) is 2.63. The van der Waals surface area contributed by atoms with Gasteiger partial charge in [0.2, 0.25) is 0 Å². The van der Waals surface area contributed by atoms with E-state index in [4.69, 9.17) is 0 Å². The van der Waals surface area contributed by atoms with Crippen LogP contribution in [0.2, 0.25) is 0 Å². The molecule has 2 aliphatic rings. The molecular formula is C14H14FN3OS. The minimum absolute atomic E-state index is 0.140. The molecule has 2 heterocycles. The molecule has 20 heavy (non-hydrogen) atoms. The van der Waals surface area contributed by atoms with Crippen LogP contribution in [0.25, 0.3) is 0 Å². The molecule has 1 aliphatic heterocycles. The topological polar surface area (TPSA) is 53.8 Å². The van der Waals surface area contributed by atoms with E-state index >= 15 is 0 Å². The summed E-state index contributed by atoms with van der Waals surface area (Å²) in [4.78, 5) is 4.19. The number of hydrogen-bond acceptors (Lipinski definition) is 3. The highest BCUT2D eigenvalue weighted by Gasteiger charge is 2.42. The maximum atomic E-state index is 14.1. The molecule has 4 rings (SSSR count). The molecule has 1 fully saturated rings. The predicted molar refractivity (Wildman–Crippen MR) is 72.5 cm³/mol. The molecule has 0 saturated heterocycles. The van der Waals surface area contributed by atoms with Crippen LogP contribution < -0.4 is 0 Å². The summed E-state index contributed by atoms with van der Waals surface area (Å²) >= 11 is -1.18. The quantitative estimate of drug-likeness (QED) is 0.817. The SMILES string of the molecule is [O-][S+](c1nc2n(n1)C(c1ccccc1)CC2F)C1CC1. The lowest BCUT2D eigenvalue weighted by Gasteiger charge is -2.11. The highest BCUT2D eigenvalue weighted by Crippen LogP contribution is 2.41. The Morgan fingerprint density at radius 2 is 2.00 bits per heavy atom. The van der Waals surface area contributed by atoms with Crippen molar-refractivity contribution >= 4 is 11.2 Å². The van der Waals surface area contributed by atoms with Crippen LogP contribution in [0.1, 0.15) is 42.9 Å². The molecule has 104 valence electrons. The van der Waals surface area contributed by atoms with Gasteiger partial charge in [-0.3, -0.25) is 0 Å². The Hall–Kier alpha value is -1.40. The third kappa shape index (κ3) is 1.94. The van der Waals surface area contributed by atoms with Crippen molar-refractivity contribution < 1.29 is 8.94 Å². The largest absolute Gasteiger partial charge is 0.609 e. The van der Waals surface area contributed by atoms with Crippen LogP contribution in [0.15, 0.2) is 35.5 Å². The zero-order chi connectivity index (χ0) is 13.7. The molecule has 1 aromatic carbocycles. The van der Waals surface area contributed by atoms with Gasteiger partial charge in [-0.25, -0.2) is 9.07 Å². The number of nitrogens with zero attached hydrogens (tertiary/aromatic N) is 3.